The summed E-state index contributed by atoms with van der Waals surface area (Å²) in [5.74, 6) is 1.11. The van der Waals surface area contributed by atoms with Crippen LogP contribution in [0.3, 0.4) is 0 Å². The zero-order chi connectivity index (χ0) is 16.8. The zero-order valence-electron chi connectivity index (χ0n) is 13.4. The first-order valence-electron chi connectivity index (χ1n) is 7.46. The SMILES string of the molecule is COc1ccc(C(=O)N2CCCN(C(=O)CSC)CC2)cc1Cl. The first-order valence-corrected chi connectivity index (χ1v) is 9.23. The summed E-state index contributed by atoms with van der Waals surface area (Å²) in [5.41, 5.74) is 0.541. The number of thioether (sulfide) groups is 1. The molecule has 7 heteroatoms. The number of rotatable bonds is 4. The first kappa shape index (κ1) is 17.9. The lowest BCUT2D eigenvalue weighted by atomic mass is 10.2. The third kappa shape index (κ3) is 4.54. The van der Waals surface area contributed by atoms with Crippen molar-refractivity contribution in [3.63, 3.8) is 0 Å². The molecule has 0 N–H and O–H groups in total. The highest BCUT2D eigenvalue weighted by Crippen LogP contribution is 2.25. The Hall–Kier alpha value is -1.40. The summed E-state index contributed by atoms with van der Waals surface area (Å²) in [5, 5.41) is 0.421. The Balaban J connectivity index is 2.03. The minimum absolute atomic E-state index is 0.0614. The van der Waals surface area contributed by atoms with E-state index in [1.54, 1.807) is 23.1 Å². The van der Waals surface area contributed by atoms with E-state index in [0.29, 0.717) is 48.3 Å². The third-order valence-electron chi connectivity index (χ3n) is 3.80. The molecule has 1 heterocycles. The Bertz CT molecular complexity index is 582. The number of ether oxygens (including phenoxy) is 1. The van der Waals surface area contributed by atoms with Gasteiger partial charge in [0.25, 0.3) is 5.91 Å². The van der Waals surface area contributed by atoms with Crippen LogP contribution in [0.4, 0.5) is 0 Å². The van der Waals surface area contributed by atoms with Crippen LogP contribution in [0.5, 0.6) is 5.75 Å². The molecular formula is C16H21ClN2O3S. The van der Waals surface area contributed by atoms with Crippen LogP contribution >= 0.6 is 23.4 Å². The van der Waals surface area contributed by atoms with E-state index in [9.17, 15) is 9.59 Å². The number of nitrogens with zero attached hydrogens (tertiary/aromatic N) is 2. The van der Waals surface area contributed by atoms with Crippen molar-refractivity contribution in [2.45, 2.75) is 6.42 Å². The molecule has 1 aromatic rings. The Morgan fingerprint density at radius 2 is 1.91 bits per heavy atom. The fourth-order valence-corrected chi connectivity index (χ4v) is 3.25. The highest BCUT2D eigenvalue weighted by atomic mass is 35.5. The minimum Gasteiger partial charge on any atom is -0.495 e. The summed E-state index contributed by atoms with van der Waals surface area (Å²) in [6, 6.07) is 5.04. The summed E-state index contributed by atoms with van der Waals surface area (Å²) >= 11 is 7.61. The highest BCUT2D eigenvalue weighted by molar-refractivity contribution is 7.99. The molecule has 1 aliphatic rings. The number of methoxy groups -OCH3 is 1. The number of hydrogen-bond acceptors (Lipinski definition) is 4. The van der Waals surface area contributed by atoms with E-state index in [1.165, 1.54) is 18.9 Å². The predicted octanol–water partition coefficient (Wildman–Crippen LogP) is 2.39. The van der Waals surface area contributed by atoms with Crippen LogP contribution in [0.2, 0.25) is 5.02 Å². The Morgan fingerprint density at radius 3 is 2.57 bits per heavy atom. The molecule has 0 bridgehead atoms. The van der Waals surface area contributed by atoms with Gasteiger partial charge in [-0.1, -0.05) is 11.6 Å². The van der Waals surface area contributed by atoms with Crippen molar-refractivity contribution in [1.82, 2.24) is 9.80 Å². The third-order valence-corrected chi connectivity index (χ3v) is 4.63. The molecule has 0 atom stereocenters. The van der Waals surface area contributed by atoms with E-state index in [2.05, 4.69) is 0 Å². The maximum absolute atomic E-state index is 12.6. The lowest BCUT2D eigenvalue weighted by Crippen LogP contribution is -2.38. The van der Waals surface area contributed by atoms with Crippen molar-refractivity contribution in [2.24, 2.45) is 0 Å². The standard InChI is InChI=1S/C16H21ClN2O3S/c1-22-14-5-4-12(10-13(14)17)16(21)19-7-3-6-18(8-9-19)15(20)11-23-2/h4-5,10H,3,6-9,11H2,1-2H3. The second-order valence-electron chi connectivity index (χ2n) is 5.31. The van der Waals surface area contributed by atoms with Crippen LogP contribution in [-0.2, 0) is 4.79 Å². The average molecular weight is 357 g/mol. The summed E-state index contributed by atoms with van der Waals surface area (Å²) in [6.45, 7) is 2.47. The molecule has 0 aliphatic carbocycles. The van der Waals surface area contributed by atoms with Gasteiger partial charge < -0.3 is 14.5 Å². The number of carbonyl (C=O) groups is 2. The van der Waals surface area contributed by atoms with E-state index >= 15 is 0 Å². The van der Waals surface area contributed by atoms with Gasteiger partial charge in [0, 0.05) is 31.7 Å². The monoisotopic (exact) mass is 356 g/mol. The molecule has 0 radical (unpaired) electrons. The summed E-state index contributed by atoms with van der Waals surface area (Å²) < 4.78 is 5.11. The molecule has 23 heavy (non-hydrogen) atoms. The molecule has 2 amide bonds. The second kappa shape index (κ2) is 8.45. The maximum atomic E-state index is 12.6. The zero-order valence-corrected chi connectivity index (χ0v) is 15.0. The number of amides is 2. The molecule has 0 unspecified atom stereocenters. The maximum Gasteiger partial charge on any atom is 0.253 e. The lowest BCUT2D eigenvalue weighted by molar-refractivity contribution is -0.128. The van der Waals surface area contributed by atoms with Gasteiger partial charge in [0.15, 0.2) is 0 Å². The van der Waals surface area contributed by atoms with E-state index in [0.717, 1.165) is 6.42 Å². The largest absolute Gasteiger partial charge is 0.495 e. The highest BCUT2D eigenvalue weighted by Gasteiger charge is 2.23. The molecule has 5 nitrogen and oxygen atoms in total. The second-order valence-corrected chi connectivity index (χ2v) is 6.58. The Labute approximate surface area is 145 Å². The summed E-state index contributed by atoms with van der Waals surface area (Å²) in [4.78, 5) is 28.2. The van der Waals surface area contributed by atoms with Crippen molar-refractivity contribution in [3.05, 3.63) is 28.8 Å². The Kier molecular flexibility index (Phi) is 6.59. The van der Waals surface area contributed by atoms with Crippen molar-refractivity contribution in [2.75, 3.05) is 45.3 Å². The van der Waals surface area contributed by atoms with E-state index in [-0.39, 0.29) is 11.8 Å². The summed E-state index contributed by atoms with van der Waals surface area (Å²) in [6.07, 6.45) is 2.70. The van der Waals surface area contributed by atoms with Crippen LogP contribution in [0.15, 0.2) is 18.2 Å². The minimum atomic E-state index is -0.0614. The molecule has 0 spiro atoms. The van der Waals surface area contributed by atoms with Crippen molar-refractivity contribution >= 4 is 35.2 Å². The molecule has 2 rings (SSSR count). The van der Waals surface area contributed by atoms with Gasteiger partial charge >= 0.3 is 0 Å². The lowest BCUT2D eigenvalue weighted by Gasteiger charge is -2.22. The molecular weight excluding hydrogens is 336 g/mol. The van der Waals surface area contributed by atoms with Crippen LogP contribution in [-0.4, -0.2) is 66.9 Å². The van der Waals surface area contributed by atoms with E-state index in [4.69, 9.17) is 16.3 Å². The fraction of sp³-hybridized carbons (Fsp3) is 0.500. The van der Waals surface area contributed by atoms with Crippen LogP contribution in [0, 0.1) is 0 Å². The molecule has 126 valence electrons. The molecule has 1 aromatic carbocycles. The molecule has 1 aliphatic heterocycles. The number of benzene rings is 1. The molecule has 1 fully saturated rings. The average Bonchev–Trinajstić information content (AvgIpc) is 2.80. The van der Waals surface area contributed by atoms with Crippen molar-refractivity contribution in [1.29, 1.82) is 0 Å². The van der Waals surface area contributed by atoms with E-state index in [1.807, 2.05) is 11.2 Å². The molecule has 0 aromatic heterocycles. The number of carbonyl (C=O) groups excluding carboxylic acids is 2. The van der Waals surface area contributed by atoms with Gasteiger partial charge in [-0.2, -0.15) is 11.8 Å². The van der Waals surface area contributed by atoms with E-state index < -0.39 is 0 Å². The van der Waals surface area contributed by atoms with Gasteiger partial charge in [0.2, 0.25) is 5.91 Å². The normalized spacial score (nSPS) is 15.3. The van der Waals surface area contributed by atoms with Gasteiger partial charge in [-0.15, -0.1) is 0 Å². The van der Waals surface area contributed by atoms with Gasteiger partial charge in [-0.3, -0.25) is 9.59 Å². The van der Waals surface area contributed by atoms with Gasteiger partial charge in [0.05, 0.1) is 17.9 Å². The van der Waals surface area contributed by atoms with Gasteiger partial charge in [-0.05, 0) is 30.9 Å². The Morgan fingerprint density at radius 1 is 1.22 bits per heavy atom. The van der Waals surface area contributed by atoms with Crippen molar-refractivity contribution in [3.8, 4) is 5.75 Å². The summed E-state index contributed by atoms with van der Waals surface area (Å²) in [7, 11) is 1.54. The predicted molar refractivity (Wildman–Crippen MR) is 93.5 cm³/mol. The smallest absolute Gasteiger partial charge is 0.253 e. The number of halogens is 1. The topological polar surface area (TPSA) is 49.9 Å². The van der Waals surface area contributed by atoms with Crippen molar-refractivity contribution < 1.29 is 14.3 Å². The van der Waals surface area contributed by atoms with Crippen LogP contribution in [0.25, 0.3) is 0 Å². The first-order chi connectivity index (χ1) is 11.1. The van der Waals surface area contributed by atoms with Gasteiger partial charge in [0.1, 0.15) is 5.75 Å². The fourth-order valence-electron chi connectivity index (χ4n) is 2.57. The van der Waals surface area contributed by atoms with Gasteiger partial charge in [-0.25, -0.2) is 0 Å². The molecule has 1 saturated heterocycles. The van der Waals surface area contributed by atoms with Crippen LogP contribution < -0.4 is 4.74 Å². The number of hydrogen-bond donors (Lipinski definition) is 0. The van der Waals surface area contributed by atoms with Crippen LogP contribution in [0.1, 0.15) is 16.8 Å². The quantitative estimate of drug-likeness (QED) is 0.831. The molecule has 0 saturated carbocycles.